The standard InChI is InChI=1S/C23H19F4N7O2/c24-14-7-12(13-8-16(11-1-2-11)34-19(13)20(28)29-10-30-34)3-4-15(14)31-21(35)32-18-9-17(33-36-18)22(5-6-22)23(25,26)27/h3-4,7-11H,1-2,5-6H2,(H2,28,29,30)(H2,31,32,35). The molecule has 3 heterocycles. The number of alkyl halides is 3. The second-order valence-electron chi connectivity index (χ2n) is 9.09. The molecule has 0 atom stereocenters. The molecule has 13 heteroatoms. The second kappa shape index (κ2) is 7.67. The number of halogens is 4. The number of carbonyl (C=O) groups is 1. The average Bonchev–Trinajstić information content (AvgIpc) is 3.74. The number of rotatable bonds is 5. The summed E-state index contributed by atoms with van der Waals surface area (Å²) in [5.41, 5.74) is 6.34. The Kier molecular flexibility index (Phi) is 4.75. The number of anilines is 3. The molecule has 0 spiro atoms. The van der Waals surface area contributed by atoms with Gasteiger partial charge in [-0.3, -0.25) is 5.32 Å². The molecule has 2 amide bonds. The van der Waals surface area contributed by atoms with Gasteiger partial charge in [0.25, 0.3) is 0 Å². The van der Waals surface area contributed by atoms with Gasteiger partial charge in [-0.1, -0.05) is 11.2 Å². The minimum Gasteiger partial charge on any atom is -0.382 e. The van der Waals surface area contributed by atoms with Gasteiger partial charge < -0.3 is 15.6 Å². The van der Waals surface area contributed by atoms with Crippen molar-refractivity contribution in [1.29, 1.82) is 0 Å². The van der Waals surface area contributed by atoms with Crippen LogP contribution in [0, 0.1) is 5.82 Å². The Labute approximate surface area is 200 Å². The van der Waals surface area contributed by atoms with Gasteiger partial charge in [0.1, 0.15) is 28.8 Å². The average molecular weight is 501 g/mol. The third-order valence-corrected chi connectivity index (χ3v) is 6.66. The molecule has 0 unspecified atom stereocenters. The van der Waals surface area contributed by atoms with E-state index in [1.807, 2.05) is 6.07 Å². The van der Waals surface area contributed by atoms with Gasteiger partial charge in [0, 0.05) is 23.2 Å². The topological polar surface area (TPSA) is 123 Å². The molecule has 2 fully saturated rings. The Morgan fingerprint density at radius 3 is 2.61 bits per heavy atom. The van der Waals surface area contributed by atoms with Crippen molar-refractivity contribution in [2.45, 2.75) is 43.2 Å². The SMILES string of the molecule is Nc1ncnn2c(C3CC3)cc(-c3ccc(NC(=O)Nc4cc(C5(C(F)(F)F)CC5)no4)c(F)c3)c12. The number of hydrogen-bond donors (Lipinski definition) is 3. The number of carbonyl (C=O) groups excluding carboxylic acids is 1. The molecular weight excluding hydrogens is 482 g/mol. The van der Waals surface area contributed by atoms with Crippen molar-refractivity contribution in [2.75, 3.05) is 16.4 Å². The van der Waals surface area contributed by atoms with E-state index in [9.17, 15) is 22.4 Å². The number of benzene rings is 1. The van der Waals surface area contributed by atoms with Crippen molar-refractivity contribution >= 4 is 28.9 Å². The van der Waals surface area contributed by atoms with Crippen LogP contribution in [0.1, 0.15) is 43.0 Å². The van der Waals surface area contributed by atoms with Crippen molar-refractivity contribution in [2.24, 2.45) is 0 Å². The normalized spacial score (nSPS) is 16.8. The van der Waals surface area contributed by atoms with Gasteiger partial charge in [-0.15, -0.1) is 0 Å². The maximum absolute atomic E-state index is 14.9. The minimum absolute atomic E-state index is 0.0939. The van der Waals surface area contributed by atoms with Gasteiger partial charge >= 0.3 is 12.2 Å². The number of nitrogens with one attached hydrogen (secondary N) is 2. The lowest BCUT2D eigenvalue weighted by Gasteiger charge is -2.15. The van der Waals surface area contributed by atoms with E-state index in [0.29, 0.717) is 22.6 Å². The van der Waals surface area contributed by atoms with Crippen LogP contribution in [0.4, 0.5) is 39.7 Å². The largest absolute Gasteiger partial charge is 0.400 e. The minimum atomic E-state index is -4.46. The van der Waals surface area contributed by atoms with Crippen molar-refractivity contribution in [1.82, 2.24) is 19.8 Å². The highest BCUT2D eigenvalue weighted by atomic mass is 19.4. The Morgan fingerprint density at radius 2 is 1.94 bits per heavy atom. The Balaban J connectivity index is 1.21. The summed E-state index contributed by atoms with van der Waals surface area (Å²) in [4.78, 5) is 16.4. The smallest absolute Gasteiger partial charge is 0.382 e. The lowest BCUT2D eigenvalue weighted by atomic mass is 10.0. The molecule has 6 rings (SSSR count). The first kappa shape index (κ1) is 22.3. The van der Waals surface area contributed by atoms with Crippen LogP contribution in [0.15, 0.2) is 41.2 Å². The number of nitrogens with two attached hydrogens (primary N) is 1. The summed E-state index contributed by atoms with van der Waals surface area (Å²) in [6, 6.07) is 6.29. The van der Waals surface area contributed by atoms with Crippen LogP contribution in [0.25, 0.3) is 16.6 Å². The summed E-state index contributed by atoms with van der Waals surface area (Å²) in [5.74, 6) is -0.382. The van der Waals surface area contributed by atoms with E-state index in [0.717, 1.165) is 24.6 Å². The molecule has 1 aromatic carbocycles. The van der Waals surface area contributed by atoms with Crippen LogP contribution in [0.3, 0.4) is 0 Å². The number of nitrogen functional groups attached to an aromatic ring is 1. The highest BCUT2D eigenvalue weighted by molar-refractivity contribution is 5.99. The zero-order valence-electron chi connectivity index (χ0n) is 18.6. The molecule has 2 saturated carbocycles. The van der Waals surface area contributed by atoms with E-state index in [2.05, 4.69) is 25.9 Å². The number of hydrogen-bond acceptors (Lipinski definition) is 6. The number of nitrogens with zero attached hydrogens (tertiary/aromatic N) is 4. The fraction of sp³-hybridized carbons (Fsp3) is 0.304. The second-order valence-corrected chi connectivity index (χ2v) is 9.09. The van der Waals surface area contributed by atoms with Gasteiger partial charge in [0.15, 0.2) is 5.82 Å². The fourth-order valence-electron chi connectivity index (χ4n) is 4.40. The molecule has 0 aliphatic heterocycles. The Hall–Kier alpha value is -4.16. The van der Waals surface area contributed by atoms with Gasteiger partial charge in [0.2, 0.25) is 5.88 Å². The van der Waals surface area contributed by atoms with Crippen molar-refractivity contribution in [3.8, 4) is 11.1 Å². The van der Waals surface area contributed by atoms with Crippen LogP contribution in [-0.2, 0) is 5.41 Å². The lowest BCUT2D eigenvalue weighted by molar-refractivity contribution is -0.161. The zero-order chi connectivity index (χ0) is 25.2. The van der Waals surface area contributed by atoms with E-state index in [1.54, 1.807) is 10.6 Å². The van der Waals surface area contributed by atoms with Crippen LogP contribution in [0.2, 0.25) is 0 Å². The summed E-state index contributed by atoms with van der Waals surface area (Å²) in [5, 5.41) is 12.3. The van der Waals surface area contributed by atoms with Gasteiger partial charge in [-0.2, -0.15) is 18.3 Å². The monoisotopic (exact) mass is 501 g/mol. The molecule has 2 aliphatic rings. The predicted octanol–water partition coefficient (Wildman–Crippen LogP) is 5.22. The van der Waals surface area contributed by atoms with E-state index < -0.39 is 23.4 Å². The number of amides is 2. The Bertz CT molecular complexity index is 1500. The van der Waals surface area contributed by atoms with Crippen molar-refractivity contribution in [3.63, 3.8) is 0 Å². The lowest BCUT2D eigenvalue weighted by Crippen LogP contribution is -2.28. The van der Waals surface area contributed by atoms with E-state index in [1.165, 1.54) is 18.5 Å². The quantitative estimate of drug-likeness (QED) is 0.322. The first-order valence-electron chi connectivity index (χ1n) is 11.2. The van der Waals surface area contributed by atoms with Crippen LogP contribution in [-0.4, -0.2) is 32.0 Å². The highest BCUT2D eigenvalue weighted by Gasteiger charge is 2.66. The first-order valence-corrected chi connectivity index (χ1v) is 11.2. The maximum atomic E-state index is 14.9. The van der Waals surface area contributed by atoms with E-state index in [4.69, 9.17) is 10.3 Å². The number of aromatic nitrogens is 4. The third kappa shape index (κ3) is 3.62. The molecule has 9 nitrogen and oxygen atoms in total. The first-order chi connectivity index (χ1) is 17.2. The molecule has 186 valence electrons. The van der Waals surface area contributed by atoms with Crippen molar-refractivity contribution in [3.05, 3.63) is 53.9 Å². The summed E-state index contributed by atoms with van der Waals surface area (Å²) in [6.07, 6.45) is -1.21. The summed E-state index contributed by atoms with van der Waals surface area (Å²) < 4.78 is 61.3. The van der Waals surface area contributed by atoms with Crippen LogP contribution >= 0.6 is 0 Å². The fourth-order valence-corrected chi connectivity index (χ4v) is 4.40. The van der Waals surface area contributed by atoms with Gasteiger partial charge in [-0.05, 0) is 49.4 Å². The van der Waals surface area contributed by atoms with E-state index >= 15 is 0 Å². The molecule has 0 saturated heterocycles. The summed E-state index contributed by atoms with van der Waals surface area (Å²) in [7, 11) is 0. The van der Waals surface area contributed by atoms with Crippen molar-refractivity contribution < 1.29 is 26.9 Å². The van der Waals surface area contributed by atoms with Crippen LogP contribution < -0.4 is 16.4 Å². The molecule has 3 aromatic heterocycles. The molecule has 2 aliphatic carbocycles. The number of urea groups is 1. The molecule has 0 radical (unpaired) electrons. The number of fused-ring (bicyclic) bond motifs is 1. The zero-order valence-corrected chi connectivity index (χ0v) is 18.6. The van der Waals surface area contributed by atoms with Gasteiger partial charge in [-0.25, -0.2) is 18.7 Å². The predicted molar refractivity (Wildman–Crippen MR) is 121 cm³/mol. The summed E-state index contributed by atoms with van der Waals surface area (Å²) >= 11 is 0. The Morgan fingerprint density at radius 1 is 1.17 bits per heavy atom. The van der Waals surface area contributed by atoms with E-state index in [-0.39, 0.29) is 35.9 Å². The molecule has 4 aromatic rings. The maximum Gasteiger partial charge on any atom is 0.400 e. The molecular formula is C23H19F4N7O2. The van der Waals surface area contributed by atoms with Crippen LogP contribution in [0.5, 0.6) is 0 Å². The molecule has 0 bridgehead atoms. The molecule has 4 N–H and O–H groups in total. The third-order valence-electron chi connectivity index (χ3n) is 6.66. The summed E-state index contributed by atoms with van der Waals surface area (Å²) in [6.45, 7) is 0. The molecule has 36 heavy (non-hydrogen) atoms. The van der Waals surface area contributed by atoms with Gasteiger partial charge in [0.05, 0.1) is 5.69 Å². The highest BCUT2D eigenvalue weighted by Crippen LogP contribution is 2.58.